The Morgan fingerprint density at radius 1 is 1.20 bits per heavy atom. The van der Waals surface area contributed by atoms with Gasteiger partial charge in [-0.1, -0.05) is 31.5 Å². The molecule has 0 aliphatic rings. The molecule has 1 aromatic rings. The molecular formula is C11H18ClO2P. The SMILES string of the molecule is Cc1ccc(OPOCC(C)C)cc1.Cl. The molecule has 0 aliphatic heterocycles. The maximum absolute atomic E-state index is 5.42. The second kappa shape index (κ2) is 7.92. The highest BCUT2D eigenvalue weighted by molar-refractivity contribution is 7.26. The third kappa shape index (κ3) is 6.72. The second-order valence-corrected chi connectivity index (χ2v) is 4.36. The van der Waals surface area contributed by atoms with Crippen LogP contribution < -0.4 is 4.52 Å². The first-order valence-corrected chi connectivity index (χ1v) is 5.60. The molecule has 2 nitrogen and oxygen atoms in total. The maximum Gasteiger partial charge on any atom is 0.215 e. The highest BCUT2D eigenvalue weighted by atomic mass is 35.5. The monoisotopic (exact) mass is 248 g/mol. The van der Waals surface area contributed by atoms with Crippen molar-refractivity contribution < 1.29 is 9.05 Å². The van der Waals surface area contributed by atoms with E-state index < -0.39 is 0 Å². The van der Waals surface area contributed by atoms with Crippen LogP contribution in [-0.4, -0.2) is 6.61 Å². The van der Waals surface area contributed by atoms with Crippen LogP contribution in [0.4, 0.5) is 0 Å². The highest BCUT2D eigenvalue weighted by Gasteiger charge is 1.95. The Kier molecular flexibility index (Phi) is 7.76. The fraction of sp³-hybridized carbons (Fsp3) is 0.455. The molecule has 0 bridgehead atoms. The summed E-state index contributed by atoms with van der Waals surface area (Å²) in [5, 5.41) is 0. The Morgan fingerprint density at radius 2 is 1.80 bits per heavy atom. The largest absolute Gasteiger partial charge is 0.450 e. The average Bonchev–Trinajstić information content (AvgIpc) is 2.15. The molecule has 0 spiro atoms. The average molecular weight is 249 g/mol. The molecule has 4 heteroatoms. The smallest absolute Gasteiger partial charge is 0.215 e. The first-order chi connectivity index (χ1) is 6.68. The van der Waals surface area contributed by atoms with Gasteiger partial charge in [-0.25, -0.2) is 0 Å². The summed E-state index contributed by atoms with van der Waals surface area (Å²) in [5.41, 5.74) is 1.24. The fourth-order valence-corrected chi connectivity index (χ4v) is 1.58. The van der Waals surface area contributed by atoms with Crippen LogP contribution >= 0.6 is 21.4 Å². The fourth-order valence-electron chi connectivity index (χ4n) is 0.885. The Hall–Kier alpha value is -0.300. The van der Waals surface area contributed by atoms with Crippen molar-refractivity contribution in [3.63, 3.8) is 0 Å². The molecule has 1 rings (SSSR count). The highest BCUT2D eigenvalue weighted by Crippen LogP contribution is 2.22. The topological polar surface area (TPSA) is 18.5 Å². The summed E-state index contributed by atoms with van der Waals surface area (Å²) in [6.07, 6.45) is 0. The molecule has 0 N–H and O–H groups in total. The molecule has 86 valence electrons. The predicted molar refractivity (Wildman–Crippen MR) is 68.2 cm³/mol. The Morgan fingerprint density at radius 3 is 2.33 bits per heavy atom. The van der Waals surface area contributed by atoms with Crippen molar-refractivity contribution in [2.45, 2.75) is 20.8 Å². The number of hydrogen-bond donors (Lipinski definition) is 0. The van der Waals surface area contributed by atoms with E-state index >= 15 is 0 Å². The van der Waals surface area contributed by atoms with Crippen molar-refractivity contribution in [1.29, 1.82) is 0 Å². The van der Waals surface area contributed by atoms with Gasteiger partial charge >= 0.3 is 0 Å². The summed E-state index contributed by atoms with van der Waals surface area (Å²) in [7, 11) is 0.0992. The molecule has 0 heterocycles. The van der Waals surface area contributed by atoms with Crippen molar-refractivity contribution in [2.75, 3.05) is 6.61 Å². The zero-order valence-electron chi connectivity index (χ0n) is 9.32. The number of hydrogen-bond acceptors (Lipinski definition) is 2. The van der Waals surface area contributed by atoms with Gasteiger partial charge in [-0.3, -0.25) is 0 Å². The number of rotatable bonds is 5. The number of benzene rings is 1. The van der Waals surface area contributed by atoms with E-state index in [1.807, 2.05) is 24.3 Å². The Bertz CT molecular complexity index is 262. The summed E-state index contributed by atoms with van der Waals surface area (Å²) in [5.74, 6) is 1.43. The van der Waals surface area contributed by atoms with Crippen LogP contribution in [0.1, 0.15) is 19.4 Å². The van der Waals surface area contributed by atoms with Crippen LogP contribution in [0, 0.1) is 12.8 Å². The van der Waals surface area contributed by atoms with Crippen molar-refractivity contribution in [3.8, 4) is 5.75 Å². The lowest BCUT2D eigenvalue weighted by atomic mass is 10.2. The van der Waals surface area contributed by atoms with E-state index in [2.05, 4.69) is 20.8 Å². The molecule has 0 amide bonds. The first-order valence-electron chi connectivity index (χ1n) is 4.79. The summed E-state index contributed by atoms with van der Waals surface area (Å²) in [4.78, 5) is 0. The maximum atomic E-state index is 5.42. The van der Waals surface area contributed by atoms with Crippen LogP contribution in [-0.2, 0) is 4.52 Å². The summed E-state index contributed by atoms with van der Waals surface area (Å²) >= 11 is 0. The van der Waals surface area contributed by atoms with Gasteiger partial charge in [0, 0.05) is 0 Å². The van der Waals surface area contributed by atoms with Crippen LogP contribution in [0.2, 0.25) is 0 Å². The van der Waals surface area contributed by atoms with Gasteiger partial charge in [0.1, 0.15) is 5.75 Å². The van der Waals surface area contributed by atoms with Gasteiger partial charge in [0.25, 0.3) is 0 Å². The summed E-state index contributed by atoms with van der Waals surface area (Å²) < 4.78 is 10.8. The van der Waals surface area contributed by atoms with E-state index in [1.54, 1.807) is 0 Å². The minimum absolute atomic E-state index is 0. The standard InChI is InChI=1S/C11H17O2P.ClH/c1-9(2)8-12-14-13-11-6-4-10(3)5-7-11;/h4-7,9,14H,8H2,1-3H3;1H. The Balaban J connectivity index is 0.00000196. The van der Waals surface area contributed by atoms with Crippen LogP contribution in [0.5, 0.6) is 5.75 Å². The lowest BCUT2D eigenvalue weighted by Gasteiger charge is -2.07. The van der Waals surface area contributed by atoms with Crippen molar-refractivity contribution in [1.82, 2.24) is 0 Å². The Labute approximate surface area is 99.7 Å². The number of halogens is 1. The first kappa shape index (κ1) is 14.7. The molecule has 0 radical (unpaired) electrons. The number of aryl methyl sites for hydroxylation is 1. The molecule has 1 atom stereocenters. The normalized spacial score (nSPS) is 10.7. The molecule has 0 aliphatic carbocycles. The minimum Gasteiger partial charge on any atom is -0.450 e. The van der Waals surface area contributed by atoms with Gasteiger partial charge in [-0.15, -0.1) is 12.4 Å². The van der Waals surface area contributed by atoms with Crippen molar-refractivity contribution in [2.24, 2.45) is 5.92 Å². The second-order valence-electron chi connectivity index (χ2n) is 3.70. The van der Waals surface area contributed by atoms with E-state index in [9.17, 15) is 0 Å². The third-order valence-corrected chi connectivity index (χ3v) is 2.26. The quantitative estimate of drug-likeness (QED) is 0.580. The van der Waals surface area contributed by atoms with Crippen molar-refractivity contribution in [3.05, 3.63) is 29.8 Å². The van der Waals surface area contributed by atoms with Crippen LogP contribution in [0.15, 0.2) is 24.3 Å². The van der Waals surface area contributed by atoms with E-state index in [-0.39, 0.29) is 21.4 Å². The zero-order chi connectivity index (χ0) is 10.4. The van der Waals surface area contributed by atoms with Gasteiger partial charge in [-0.2, -0.15) is 0 Å². The predicted octanol–water partition coefficient (Wildman–Crippen LogP) is 3.98. The molecular weight excluding hydrogens is 231 g/mol. The van der Waals surface area contributed by atoms with Gasteiger partial charge in [-0.05, 0) is 25.0 Å². The van der Waals surface area contributed by atoms with Gasteiger partial charge in [0.05, 0.1) is 6.61 Å². The summed E-state index contributed by atoms with van der Waals surface area (Å²) in [6, 6.07) is 7.98. The molecule has 15 heavy (non-hydrogen) atoms. The molecule has 0 fully saturated rings. The van der Waals surface area contributed by atoms with Crippen molar-refractivity contribution >= 4 is 21.4 Å². The van der Waals surface area contributed by atoms with Crippen LogP contribution in [0.25, 0.3) is 0 Å². The molecule has 1 aromatic carbocycles. The third-order valence-electron chi connectivity index (χ3n) is 1.66. The lowest BCUT2D eigenvalue weighted by molar-refractivity contribution is 0.283. The molecule has 0 saturated heterocycles. The van der Waals surface area contributed by atoms with E-state index in [0.717, 1.165) is 12.4 Å². The zero-order valence-corrected chi connectivity index (χ0v) is 11.1. The minimum atomic E-state index is 0. The molecule has 0 aromatic heterocycles. The van der Waals surface area contributed by atoms with Gasteiger partial charge < -0.3 is 9.05 Å². The van der Waals surface area contributed by atoms with E-state index in [1.165, 1.54) is 5.56 Å². The molecule has 1 unspecified atom stereocenters. The lowest BCUT2D eigenvalue weighted by Crippen LogP contribution is -1.96. The summed E-state index contributed by atoms with van der Waals surface area (Å²) in [6.45, 7) is 7.05. The van der Waals surface area contributed by atoms with E-state index in [4.69, 9.17) is 9.05 Å². The van der Waals surface area contributed by atoms with Gasteiger partial charge in [0.15, 0.2) is 0 Å². The van der Waals surface area contributed by atoms with Gasteiger partial charge in [0.2, 0.25) is 9.03 Å². The molecule has 0 saturated carbocycles. The van der Waals surface area contributed by atoms with E-state index in [0.29, 0.717) is 5.92 Å². The van der Waals surface area contributed by atoms with Crippen LogP contribution in [0.3, 0.4) is 0 Å².